The first-order valence-electron chi connectivity index (χ1n) is 5.88. The van der Waals surface area contributed by atoms with Crippen molar-refractivity contribution < 1.29 is 9.53 Å². The Hall–Kier alpha value is -0.940. The van der Waals surface area contributed by atoms with Crippen molar-refractivity contribution in [2.75, 3.05) is 27.2 Å². The van der Waals surface area contributed by atoms with Gasteiger partial charge in [0.25, 0.3) is 0 Å². The summed E-state index contributed by atoms with van der Waals surface area (Å²) in [6.07, 6.45) is 2.72. The van der Waals surface area contributed by atoms with E-state index in [9.17, 15) is 4.79 Å². The molecule has 0 N–H and O–H groups in total. The molecule has 0 spiro atoms. The van der Waals surface area contributed by atoms with E-state index < -0.39 is 0 Å². The van der Waals surface area contributed by atoms with E-state index in [1.165, 1.54) is 26.5 Å². The van der Waals surface area contributed by atoms with Gasteiger partial charge in [0, 0.05) is 17.8 Å². The summed E-state index contributed by atoms with van der Waals surface area (Å²) in [6, 6.07) is 0. The average Bonchev–Trinajstić information content (AvgIpc) is 2.77. The smallest absolute Gasteiger partial charge is 0.312 e. The Morgan fingerprint density at radius 2 is 2.53 bits per heavy atom. The number of carbonyl (C=O) groups is 1. The molecule has 2 rings (SSSR count). The molecule has 5 heteroatoms. The van der Waals surface area contributed by atoms with Gasteiger partial charge in [0.2, 0.25) is 0 Å². The number of hydrogen-bond donors (Lipinski definition) is 0. The van der Waals surface area contributed by atoms with E-state index in [0.29, 0.717) is 12.3 Å². The van der Waals surface area contributed by atoms with E-state index in [1.54, 1.807) is 11.3 Å². The molecule has 0 saturated carbocycles. The number of thiazole rings is 1. The Morgan fingerprint density at radius 3 is 3.24 bits per heavy atom. The van der Waals surface area contributed by atoms with Crippen molar-refractivity contribution in [2.24, 2.45) is 0 Å². The summed E-state index contributed by atoms with van der Waals surface area (Å²) < 4.78 is 4.65. The van der Waals surface area contributed by atoms with Crippen LogP contribution in [0, 0.1) is 0 Å². The molecule has 1 unspecified atom stereocenters. The summed E-state index contributed by atoms with van der Waals surface area (Å²) >= 11 is 1.56. The van der Waals surface area contributed by atoms with Crippen molar-refractivity contribution in [2.45, 2.75) is 25.2 Å². The third kappa shape index (κ3) is 3.26. The van der Waals surface area contributed by atoms with Gasteiger partial charge in [-0.2, -0.15) is 0 Å². The Labute approximate surface area is 106 Å². The predicted molar refractivity (Wildman–Crippen MR) is 67.3 cm³/mol. The zero-order valence-corrected chi connectivity index (χ0v) is 11.1. The normalized spacial score (nSPS) is 21.4. The van der Waals surface area contributed by atoms with Crippen molar-refractivity contribution in [3.05, 3.63) is 16.1 Å². The van der Waals surface area contributed by atoms with Crippen LogP contribution < -0.4 is 0 Å². The number of likely N-dealkylation sites (N-methyl/N-ethyl adjacent to an activating group) is 1. The van der Waals surface area contributed by atoms with Gasteiger partial charge in [0.15, 0.2) is 0 Å². The maximum absolute atomic E-state index is 11.2. The number of methoxy groups -OCH3 is 1. The highest BCUT2D eigenvalue weighted by Crippen LogP contribution is 2.27. The zero-order valence-electron chi connectivity index (χ0n) is 10.3. The predicted octanol–water partition coefficient (Wildman–Crippen LogP) is 1.67. The molecular formula is C12H18N2O2S. The fraction of sp³-hybridized carbons (Fsp3) is 0.667. The molecule has 1 saturated heterocycles. The first kappa shape index (κ1) is 12.5. The second-order valence-electron chi connectivity index (χ2n) is 4.52. The standard InChI is InChI=1S/C12H18N2O2S/c1-14-5-3-4-9(7-14)10-8-17-11(13-10)6-12(15)16-2/h8-9H,3-7H2,1-2H3. The van der Waals surface area contributed by atoms with Crippen LogP contribution in [0.2, 0.25) is 0 Å². The van der Waals surface area contributed by atoms with Gasteiger partial charge in [-0.05, 0) is 26.4 Å². The van der Waals surface area contributed by atoms with Gasteiger partial charge in [-0.1, -0.05) is 0 Å². The SMILES string of the molecule is COC(=O)Cc1nc(C2CCCN(C)C2)cs1. The van der Waals surface area contributed by atoms with Crippen molar-refractivity contribution >= 4 is 17.3 Å². The second-order valence-corrected chi connectivity index (χ2v) is 5.46. The van der Waals surface area contributed by atoms with Gasteiger partial charge in [-0.15, -0.1) is 11.3 Å². The second kappa shape index (κ2) is 5.60. The molecule has 0 aromatic carbocycles. The highest BCUT2D eigenvalue weighted by Gasteiger charge is 2.21. The average molecular weight is 254 g/mol. The monoisotopic (exact) mass is 254 g/mol. The number of rotatable bonds is 3. The fourth-order valence-corrected chi connectivity index (χ4v) is 3.06. The van der Waals surface area contributed by atoms with Crippen LogP contribution in [0.1, 0.15) is 29.5 Å². The number of hydrogen-bond acceptors (Lipinski definition) is 5. The topological polar surface area (TPSA) is 42.4 Å². The fourth-order valence-electron chi connectivity index (χ4n) is 2.20. The first-order valence-corrected chi connectivity index (χ1v) is 6.76. The molecule has 0 radical (unpaired) electrons. The van der Waals surface area contributed by atoms with Crippen LogP contribution in [0.25, 0.3) is 0 Å². The number of nitrogens with zero attached hydrogens (tertiary/aromatic N) is 2. The molecule has 1 atom stereocenters. The summed E-state index contributed by atoms with van der Waals surface area (Å²) in [7, 11) is 3.56. The number of carbonyl (C=O) groups excluding carboxylic acids is 1. The van der Waals surface area contributed by atoms with Gasteiger partial charge in [0.05, 0.1) is 19.2 Å². The highest BCUT2D eigenvalue weighted by molar-refractivity contribution is 7.09. The lowest BCUT2D eigenvalue weighted by Gasteiger charge is -2.28. The van der Waals surface area contributed by atoms with Gasteiger partial charge in [-0.25, -0.2) is 4.98 Å². The van der Waals surface area contributed by atoms with E-state index >= 15 is 0 Å². The summed E-state index contributed by atoms with van der Waals surface area (Å²) in [5.74, 6) is 0.308. The van der Waals surface area contributed by atoms with Crippen LogP contribution >= 0.6 is 11.3 Å². The number of esters is 1. The molecule has 1 aliphatic heterocycles. The Balaban J connectivity index is 1.99. The van der Waals surface area contributed by atoms with Crippen molar-refractivity contribution in [1.82, 2.24) is 9.88 Å². The van der Waals surface area contributed by atoms with Crippen molar-refractivity contribution in [1.29, 1.82) is 0 Å². The van der Waals surface area contributed by atoms with Crippen molar-refractivity contribution in [3.63, 3.8) is 0 Å². The van der Waals surface area contributed by atoms with Gasteiger partial charge >= 0.3 is 5.97 Å². The van der Waals surface area contributed by atoms with Gasteiger partial charge in [-0.3, -0.25) is 4.79 Å². The number of likely N-dealkylation sites (tertiary alicyclic amines) is 1. The third-order valence-electron chi connectivity index (χ3n) is 3.14. The molecule has 1 aromatic rings. The van der Waals surface area contributed by atoms with E-state index in [2.05, 4.69) is 27.0 Å². The molecular weight excluding hydrogens is 236 g/mol. The quantitative estimate of drug-likeness (QED) is 0.770. The lowest BCUT2D eigenvalue weighted by molar-refractivity contribution is -0.139. The maximum atomic E-state index is 11.2. The van der Waals surface area contributed by atoms with Crippen LogP contribution in [-0.2, 0) is 16.0 Å². The molecule has 4 nitrogen and oxygen atoms in total. The molecule has 94 valence electrons. The molecule has 0 aliphatic carbocycles. The lowest BCUT2D eigenvalue weighted by Crippen LogP contribution is -2.30. The molecule has 0 amide bonds. The Bertz CT molecular complexity index is 392. The third-order valence-corrected chi connectivity index (χ3v) is 4.00. The lowest BCUT2D eigenvalue weighted by atomic mass is 9.96. The maximum Gasteiger partial charge on any atom is 0.312 e. The van der Waals surface area contributed by atoms with E-state index in [0.717, 1.165) is 17.2 Å². The van der Waals surface area contributed by atoms with Crippen molar-refractivity contribution in [3.8, 4) is 0 Å². The van der Waals surface area contributed by atoms with Crippen LogP contribution in [0.4, 0.5) is 0 Å². The van der Waals surface area contributed by atoms with Crippen LogP contribution in [0.3, 0.4) is 0 Å². The minimum Gasteiger partial charge on any atom is -0.469 e. The van der Waals surface area contributed by atoms with E-state index in [4.69, 9.17) is 0 Å². The molecule has 2 heterocycles. The number of aromatic nitrogens is 1. The Morgan fingerprint density at radius 1 is 1.71 bits per heavy atom. The van der Waals surface area contributed by atoms with Crippen LogP contribution in [0.15, 0.2) is 5.38 Å². The molecule has 0 bridgehead atoms. The minimum absolute atomic E-state index is 0.216. The van der Waals surface area contributed by atoms with E-state index in [-0.39, 0.29) is 5.97 Å². The largest absolute Gasteiger partial charge is 0.469 e. The minimum atomic E-state index is -0.216. The highest BCUT2D eigenvalue weighted by atomic mass is 32.1. The molecule has 17 heavy (non-hydrogen) atoms. The summed E-state index contributed by atoms with van der Waals surface area (Å²) in [4.78, 5) is 18.0. The molecule has 1 aliphatic rings. The summed E-state index contributed by atoms with van der Waals surface area (Å²) in [5, 5.41) is 2.95. The Kier molecular flexibility index (Phi) is 4.12. The summed E-state index contributed by atoms with van der Waals surface area (Å²) in [5.41, 5.74) is 1.14. The van der Waals surface area contributed by atoms with E-state index in [1.807, 2.05) is 0 Å². The molecule has 1 aromatic heterocycles. The van der Waals surface area contributed by atoms with Gasteiger partial charge < -0.3 is 9.64 Å². The summed E-state index contributed by atoms with van der Waals surface area (Å²) in [6.45, 7) is 2.25. The van der Waals surface area contributed by atoms with Crippen LogP contribution in [0.5, 0.6) is 0 Å². The van der Waals surface area contributed by atoms with Gasteiger partial charge in [0.1, 0.15) is 5.01 Å². The molecule has 1 fully saturated rings. The zero-order chi connectivity index (χ0) is 12.3. The number of piperidine rings is 1. The number of ether oxygens (including phenoxy) is 1. The van der Waals surface area contributed by atoms with Crippen LogP contribution in [-0.4, -0.2) is 43.1 Å². The first-order chi connectivity index (χ1) is 8.19.